The number of halogens is 3. The zero-order chi connectivity index (χ0) is 35.4. The number of rotatable bonds is 9. The second-order valence-corrected chi connectivity index (χ2v) is 14.8. The van der Waals surface area contributed by atoms with Gasteiger partial charge in [0.1, 0.15) is 29.2 Å². The summed E-state index contributed by atoms with van der Waals surface area (Å²) in [6, 6.07) is 10.2. The molecule has 6 rings (SSSR count). The van der Waals surface area contributed by atoms with Crippen molar-refractivity contribution in [3.63, 3.8) is 0 Å². The van der Waals surface area contributed by atoms with Crippen LogP contribution in [0.4, 0.5) is 24.7 Å². The van der Waals surface area contributed by atoms with Gasteiger partial charge < -0.3 is 15.4 Å². The second-order valence-electron chi connectivity index (χ2n) is 13.2. The lowest BCUT2D eigenvalue weighted by molar-refractivity contribution is 0.0712. The number of nitrogens with one attached hydrogen (secondary N) is 1. The van der Waals surface area contributed by atoms with Crippen LogP contribution in [0.25, 0.3) is 33.3 Å². The fourth-order valence-corrected chi connectivity index (χ4v) is 7.08. The minimum absolute atomic E-state index is 0.0303. The van der Waals surface area contributed by atoms with Crippen molar-refractivity contribution in [3.05, 3.63) is 71.9 Å². The van der Waals surface area contributed by atoms with Crippen molar-refractivity contribution in [3.8, 4) is 28.1 Å². The lowest BCUT2D eigenvalue weighted by Crippen LogP contribution is -2.48. The molecule has 3 N–H and O–H groups in total. The smallest absolute Gasteiger partial charge is 0.355 e. The topological polar surface area (TPSA) is 133 Å². The van der Waals surface area contributed by atoms with E-state index >= 15 is 0 Å². The summed E-state index contributed by atoms with van der Waals surface area (Å²) in [6.45, 7) is 9.15. The van der Waals surface area contributed by atoms with Gasteiger partial charge in [-0.3, -0.25) is 14.1 Å². The van der Waals surface area contributed by atoms with Gasteiger partial charge in [0.2, 0.25) is 0 Å². The molecule has 15 heteroatoms. The first-order valence-corrected chi connectivity index (χ1v) is 17.3. The molecular formula is C34H39F3N8O3S. The van der Waals surface area contributed by atoms with E-state index < -0.39 is 27.7 Å². The molecule has 1 aliphatic heterocycles. The van der Waals surface area contributed by atoms with E-state index in [0.29, 0.717) is 27.7 Å². The number of aryl methyl sites for hydroxylation is 1. The summed E-state index contributed by atoms with van der Waals surface area (Å²) in [5.41, 5.74) is 11.1. The van der Waals surface area contributed by atoms with Crippen LogP contribution in [-0.2, 0) is 17.1 Å². The number of anilines is 2. The Balaban J connectivity index is 1.43. The minimum atomic E-state index is -5.02. The van der Waals surface area contributed by atoms with Crippen molar-refractivity contribution in [2.45, 2.75) is 64.0 Å². The van der Waals surface area contributed by atoms with E-state index in [1.807, 2.05) is 17.8 Å². The van der Waals surface area contributed by atoms with E-state index in [2.05, 4.69) is 35.5 Å². The molecule has 1 aliphatic rings. The fourth-order valence-electron chi connectivity index (χ4n) is 6.52. The van der Waals surface area contributed by atoms with Crippen molar-refractivity contribution in [1.82, 2.24) is 29.4 Å². The molecule has 0 radical (unpaired) electrons. The third-order valence-electron chi connectivity index (χ3n) is 9.52. The fraction of sp³-hybridized carbons (Fsp3) is 0.382. The number of piperidine rings is 1. The maximum Gasteiger partial charge on any atom is 0.355 e. The molecule has 4 heterocycles. The van der Waals surface area contributed by atoms with Crippen molar-refractivity contribution in [2.24, 2.45) is 7.05 Å². The van der Waals surface area contributed by atoms with Crippen LogP contribution in [0.2, 0.25) is 0 Å². The van der Waals surface area contributed by atoms with Crippen LogP contribution in [0.1, 0.15) is 57.0 Å². The summed E-state index contributed by atoms with van der Waals surface area (Å²) in [5, 5.41) is 10.1. The van der Waals surface area contributed by atoms with E-state index in [-0.39, 0.29) is 28.8 Å². The quantitative estimate of drug-likeness (QED) is 0.175. The number of ether oxygens (including phenoxy) is 1. The number of hydrogen-bond acceptors (Lipinski definition) is 8. The van der Waals surface area contributed by atoms with E-state index in [9.17, 15) is 21.6 Å². The van der Waals surface area contributed by atoms with Gasteiger partial charge in [0, 0.05) is 47.7 Å². The van der Waals surface area contributed by atoms with Gasteiger partial charge in [0.25, 0.3) is 10.0 Å². The van der Waals surface area contributed by atoms with E-state index in [1.54, 1.807) is 24.9 Å². The zero-order valence-corrected chi connectivity index (χ0v) is 28.9. The molecule has 0 spiro atoms. The summed E-state index contributed by atoms with van der Waals surface area (Å²) in [5.74, 6) is -3.94. The number of benzene rings is 2. The first kappa shape index (κ1) is 34.2. The highest BCUT2D eigenvalue weighted by atomic mass is 32.2. The molecule has 2 aromatic carbocycles. The van der Waals surface area contributed by atoms with Crippen molar-refractivity contribution in [1.29, 1.82) is 0 Å². The Morgan fingerprint density at radius 3 is 2.47 bits per heavy atom. The maximum absolute atomic E-state index is 13.6. The van der Waals surface area contributed by atoms with Crippen LogP contribution in [0, 0.1) is 12.7 Å². The molecule has 2 atom stereocenters. The molecule has 1 saturated heterocycles. The molecule has 0 bridgehead atoms. The third kappa shape index (κ3) is 6.44. The predicted molar refractivity (Wildman–Crippen MR) is 183 cm³/mol. The first-order chi connectivity index (χ1) is 23.1. The number of alkyl halides is 2. The molecule has 260 valence electrons. The average Bonchev–Trinajstić information content (AvgIpc) is 3.60. The zero-order valence-electron chi connectivity index (χ0n) is 28.1. The first-order valence-electron chi connectivity index (χ1n) is 15.8. The number of nitrogens with two attached hydrogens (primary N) is 1. The molecule has 3 aromatic heterocycles. The number of likely N-dealkylation sites (tertiary alicyclic amines) is 1. The van der Waals surface area contributed by atoms with Crippen LogP contribution >= 0.6 is 0 Å². The number of nitrogen functional groups attached to an aromatic ring is 1. The van der Waals surface area contributed by atoms with Crippen LogP contribution in [-0.4, -0.2) is 62.8 Å². The Kier molecular flexibility index (Phi) is 8.86. The molecular weight excluding hydrogens is 657 g/mol. The van der Waals surface area contributed by atoms with Gasteiger partial charge in [-0.15, -0.1) is 0 Å². The Bertz CT molecular complexity index is 2130. The molecule has 0 saturated carbocycles. The third-order valence-corrected chi connectivity index (χ3v) is 10.5. The van der Waals surface area contributed by atoms with Crippen molar-refractivity contribution >= 4 is 32.4 Å². The largest absolute Gasteiger partial charge is 0.484 e. The molecule has 11 nitrogen and oxygen atoms in total. The number of pyridine rings is 1. The summed E-state index contributed by atoms with van der Waals surface area (Å²) < 4.78 is 76.4. The Morgan fingerprint density at radius 2 is 1.80 bits per heavy atom. The highest BCUT2D eigenvalue weighted by molar-refractivity contribution is 7.93. The van der Waals surface area contributed by atoms with Gasteiger partial charge in [-0.25, -0.2) is 17.8 Å². The predicted octanol–water partition coefficient (Wildman–Crippen LogP) is 6.68. The van der Waals surface area contributed by atoms with Crippen LogP contribution in [0.3, 0.4) is 0 Å². The molecule has 5 aromatic rings. The Morgan fingerprint density at radius 1 is 1.08 bits per heavy atom. The van der Waals surface area contributed by atoms with Gasteiger partial charge in [-0.1, -0.05) is 18.2 Å². The van der Waals surface area contributed by atoms with E-state index in [4.69, 9.17) is 20.7 Å². The number of aromatic nitrogens is 5. The second kappa shape index (κ2) is 12.7. The number of nitrogens with zero attached hydrogens (tertiary/aromatic N) is 6. The van der Waals surface area contributed by atoms with Crippen LogP contribution in [0.5, 0.6) is 5.75 Å². The lowest BCUT2D eigenvalue weighted by Gasteiger charge is -2.43. The average molecular weight is 697 g/mol. The van der Waals surface area contributed by atoms with E-state index in [0.717, 1.165) is 36.2 Å². The number of fused-ring (bicyclic) bond motifs is 1. The molecule has 1 fully saturated rings. The Labute approximate surface area is 282 Å². The summed E-state index contributed by atoms with van der Waals surface area (Å²) in [7, 11) is -1.09. The molecule has 0 amide bonds. The monoisotopic (exact) mass is 696 g/mol. The maximum atomic E-state index is 13.6. The van der Waals surface area contributed by atoms with Gasteiger partial charge >= 0.3 is 5.76 Å². The highest BCUT2D eigenvalue weighted by Gasteiger charge is 2.34. The summed E-state index contributed by atoms with van der Waals surface area (Å²) in [6.07, 6.45) is 4.76. The molecule has 49 heavy (non-hydrogen) atoms. The van der Waals surface area contributed by atoms with Crippen molar-refractivity contribution < 1.29 is 26.3 Å². The van der Waals surface area contributed by atoms with Crippen LogP contribution in [0.15, 0.2) is 54.9 Å². The minimum Gasteiger partial charge on any atom is -0.484 e. The number of hydrogen-bond donors (Lipinski definition) is 2. The molecule has 0 aliphatic carbocycles. The normalized spacial score (nSPS) is 17.5. The number of sulfonamides is 1. The van der Waals surface area contributed by atoms with Gasteiger partial charge in [0.15, 0.2) is 0 Å². The SMILES string of the molecule is Cc1c(-c2cnc(N)c3c(-c4ccc(NS(=O)(=O)C(F)F)c(O[C@@H](C)c5ccc(F)cc5)c4)nn(C)c23)cnn1C1CCN(C)C(C)(C)C1. The van der Waals surface area contributed by atoms with Gasteiger partial charge in [0.05, 0.1) is 28.8 Å². The summed E-state index contributed by atoms with van der Waals surface area (Å²) >= 11 is 0. The standard InChI is InChI=1S/C34H39F3N8O3S/c1-19-25(18-40-45(19)24-13-14-43(5)34(3,4)16-24)26-17-39-32(38)29-30(41-44(6)31(26)29)22-9-12-27(42-49(46,47)33(36)37)28(15-22)48-20(2)21-7-10-23(35)11-8-21/h7-12,15,17-18,20,24,33,42H,13-14,16H2,1-6H3,(H2,38,39)/t20-,24?/m0/s1. The van der Waals surface area contributed by atoms with Crippen LogP contribution < -0.4 is 15.2 Å². The highest BCUT2D eigenvalue weighted by Crippen LogP contribution is 2.42. The van der Waals surface area contributed by atoms with E-state index in [1.165, 1.54) is 42.5 Å². The van der Waals surface area contributed by atoms with Crippen molar-refractivity contribution in [2.75, 3.05) is 24.0 Å². The van der Waals surface area contributed by atoms with Gasteiger partial charge in [-0.05, 0) is 77.4 Å². The molecule has 1 unspecified atom stereocenters. The summed E-state index contributed by atoms with van der Waals surface area (Å²) in [4.78, 5) is 6.90. The van der Waals surface area contributed by atoms with Gasteiger partial charge in [-0.2, -0.15) is 19.0 Å². The lowest BCUT2D eigenvalue weighted by atomic mass is 9.87. The Hall–Kier alpha value is -4.63.